The molecule has 1 aromatic heterocycles. The van der Waals surface area contributed by atoms with Crippen molar-refractivity contribution in [3.05, 3.63) is 15.6 Å². The third kappa shape index (κ3) is 3.18. The summed E-state index contributed by atoms with van der Waals surface area (Å²) in [6, 6.07) is 0. The summed E-state index contributed by atoms with van der Waals surface area (Å²) < 4.78 is 5.60. The highest BCUT2D eigenvalue weighted by atomic mass is 32.1. The fourth-order valence-electron chi connectivity index (χ4n) is 2.78. The normalized spacial score (nSPS) is 19.0. The molecule has 0 fully saturated rings. The molecule has 0 aromatic carbocycles. The first-order valence-corrected chi connectivity index (χ1v) is 7.95. The van der Waals surface area contributed by atoms with Gasteiger partial charge in [0, 0.05) is 18.4 Å². The number of methoxy groups -OCH3 is 1. The molecule has 19 heavy (non-hydrogen) atoms. The number of hydrogen-bond donors (Lipinski definition) is 1. The summed E-state index contributed by atoms with van der Waals surface area (Å²) in [5.41, 5.74) is 1.08. The first-order valence-electron chi connectivity index (χ1n) is 7.13. The van der Waals surface area contributed by atoms with Crippen LogP contribution in [0.3, 0.4) is 0 Å². The number of ether oxygens (including phenoxy) is 1. The lowest BCUT2D eigenvalue weighted by molar-refractivity contribution is -0.00616. The highest BCUT2D eigenvalue weighted by Crippen LogP contribution is 2.37. The number of aryl methyl sites for hydroxylation is 2. The van der Waals surface area contributed by atoms with Gasteiger partial charge < -0.3 is 10.1 Å². The second kappa shape index (κ2) is 5.51. The van der Waals surface area contributed by atoms with Gasteiger partial charge in [0.1, 0.15) is 5.01 Å². The number of nitrogens with zero attached hydrogens (tertiary/aromatic N) is 1. The molecule has 1 aliphatic carbocycles. The predicted molar refractivity (Wildman–Crippen MR) is 80.9 cm³/mol. The van der Waals surface area contributed by atoms with E-state index >= 15 is 0 Å². The average molecular weight is 282 g/mol. The summed E-state index contributed by atoms with van der Waals surface area (Å²) in [5, 5.41) is 4.68. The highest BCUT2D eigenvalue weighted by molar-refractivity contribution is 7.11. The molecule has 2 rings (SSSR count). The second-order valence-electron chi connectivity index (χ2n) is 6.32. The van der Waals surface area contributed by atoms with E-state index in [1.54, 1.807) is 7.11 Å². The Balaban J connectivity index is 2.27. The number of thiazole rings is 1. The van der Waals surface area contributed by atoms with Crippen molar-refractivity contribution in [1.82, 2.24) is 10.3 Å². The molecule has 0 aliphatic heterocycles. The molecule has 0 spiro atoms. The maximum absolute atomic E-state index is 5.60. The van der Waals surface area contributed by atoms with Gasteiger partial charge in [-0.1, -0.05) is 0 Å². The molecule has 0 saturated carbocycles. The Morgan fingerprint density at radius 1 is 1.26 bits per heavy atom. The lowest BCUT2D eigenvalue weighted by Gasteiger charge is -2.35. The molecule has 0 amide bonds. The molecule has 1 unspecified atom stereocenters. The summed E-state index contributed by atoms with van der Waals surface area (Å²) >= 11 is 1.89. The summed E-state index contributed by atoms with van der Waals surface area (Å²) in [4.78, 5) is 6.41. The molecule has 1 atom stereocenters. The van der Waals surface area contributed by atoms with Crippen molar-refractivity contribution in [2.45, 2.75) is 64.0 Å². The van der Waals surface area contributed by atoms with E-state index in [0.29, 0.717) is 0 Å². The molecule has 4 heteroatoms. The zero-order valence-electron chi connectivity index (χ0n) is 12.8. The standard InChI is InChI=1S/C15H26N2OS/c1-14(2,18-5)10-15(3,16-4)13-17-11-8-6-7-9-12(11)19-13/h16H,6-10H2,1-5H3. The molecule has 3 nitrogen and oxygen atoms in total. The number of fused-ring (bicyclic) bond motifs is 1. The molecule has 1 aromatic rings. The smallest absolute Gasteiger partial charge is 0.113 e. The number of hydrogen-bond acceptors (Lipinski definition) is 4. The molecule has 0 bridgehead atoms. The van der Waals surface area contributed by atoms with Gasteiger partial charge in [0.15, 0.2) is 0 Å². The lowest BCUT2D eigenvalue weighted by Crippen LogP contribution is -2.43. The van der Waals surface area contributed by atoms with Gasteiger partial charge in [0.25, 0.3) is 0 Å². The summed E-state index contributed by atoms with van der Waals surface area (Å²) in [5.74, 6) is 0. The fraction of sp³-hybridized carbons (Fsp3) is 0.800. The van der Waals surface area contributed by atoms with Crippen LogP contribution < -0.4 is 5.32 Å². The van der Waals surface area contributed by atoms with Crippen molar-refractivity contribution in [2.24, 2.45) is 0 Å². The van der Waals surface area contributed by atoms with Gasteiger partial charge in [0.2, 0.25) is 0 Å². The van der Waals surface area contributed by atoms with Crippen LogP contribution in [0.2, 0.25) is 0 Å². The number of aromatic nitrogens is 1. The Morgan fingerprint density at radius 3 is 2.53 bits per heavy atom. The monoisotopic (exact) mass is 282 g/mol. The number of nitrogens with one attached hydrogen (secondary N) is 1. The van der Waals surface area contributed by atoms with Crippen LogP contribution in [0.1, 0.15) is 55.6 Å². The van der Waals surface area contributed by atoms with Gasteiger partial charge in [-0.15, -0.1) is 11.3 Å². The summed E-state index contributed by atoms with van der Waals surface area (Å²) in [6.07, 6.45) is 5.88. The largest absolute Gasteiger partial charge is 0.379 e. The molecule has 0 saturated heterocycles. The third-order valence-corrected chi connectivity index (χ3v) is 5.62. The Bertz CT molecular complexity index is 418. The van der Waals surface area contributed by atoms with Crippen molar-refractivity contribution in [1.29, 1.82) is 0 Å². The quantitative estimate of drug-likeness (QED) is 0.900. The van der Waals surface area contributed by atoms with Crippen LogP contribution in [0, 0.1) is 0 Å². The van der Waals surface area contributed by atoms with Crippen LogP contribution in [-0.4, -0.2) is 24.7 Å². The van der Waals surface area contributed by atoms with E-state index in [4.69, 9.17) is 9.72 Å². The first-order chi connectivity index (χ1) is 8.90. The van der Waals surface area contributed by atoms with Gasteiger partial charge in [0.05, 0.1) is 16.8 Å². The highest BCUT2D eigenvalue weighted by Gasteiger charge is 2.36. The number of rotatable bonds is 5. The molecule has 0 radical (unpaired) electrons. The van der Waals surface area contributed by atoms with Crippen molar-refractivity contribution < 1.29 is 4.74 Å². The minimum Gasteiger partial charge on any atom is -0.379 e. The molecule has 108 valence electrons. The van der Waals surface area contributed by atoms with E-state index in [9.17, 15) is 0 Å². The molecular formula is C15H26N2OS. The van der Waals surface area contributed by atoms with Crippen molar-refractivity contribution in [2.75, 3.05) is 14.2 Å². The topological polar surface area (TPSA) is 34.1 Å². The third-order valence-electron chi connectivity index (χ3n) is 4.20. The Morgan fingerprint density at radius 2 is 1.95 bits per heavy atom. The van der Waals surface area contributed by atoms with Crippen LogP contribution in [0.4, 0.5) is 0 Å². The van der Waals surface area contributed by atoms with Crippen molar-refractivity contribution in [3.63, 3.8) is 0 Å². The predicted octanol–water partition coefficient (Wildman–Crippen LogP) is 3.27. The summed E-state index contributed by atoms with van der Waals surface area (Å²) in [7, 11) is 3.80. The van der Waals surface area contributed by atoms with Crippen LogP contribution in [0.5, 0.6) is 0 Å². The fourth-order valence-corrected chi connectivity index (χ4v) is 4.08. The van der Waals surface area contributed by atoms with Gasteiger partial charge in [-0.05, 0) is 53.5 Å². The van der Waals surface area contributed by atoms with Crippen LogP contribution in [0.15, 0.2) is 0 Å². The minimum absolute atomic E-state index is 0.110. The van der Waals surface area contributed by atoms with E-state index in [1.165, 1.54) is 34.8 Å². The molecule has 1 N–H and O–H groups in total. The average Bonchev–Trinajstić information content (AvgIpc) is 2.82. The van der Waals surface area contributed by atoms with E-state index in [2.05, 4.69) is 26.1 Å². The maximum Gasteiger partial charge on any atom is 0.113 e. The summed E-state index contributed by atoms with van der Waals surface area (Å²) in [6.45, 7) is 6.50. The minimum atomic E-state index is -0.149. The van der Waals surface area contributed by atoms with Gasteiger partial charge in [-0.3, -0.25) is 0 Å². The first kappa shape index (κ1) is 14.9. The molecule has 1 heterocycles. The van der Waals surface area contributed by atoms with Gasteiger partial charge in [-0.25, -0.2) is 4.98 Å². The van der Waals surface area contributed by atoms with Gasteiger partial charge >= 0.3 is 0 Å². The van der Waals surface area contributed by atoms with Crippen molar-refractivity contribution >= 4 is 11.3 Å². The maximum atomic E-state index is 5.60. The molecule has 1 aliphatic rings. The van der Waals surface area contributed by atoms with E-state index in [1.807, 2.05) is 18.4 Å². The Kier molecular flexibility index (Phi) is 4.33. The zero-order chi connectivity index (χ0) is 14.1. The van der Waals surface area contributed by atoms with E-state index in [-0.39, 0.29) is 11.1 Å². The Hall–Kier alpha value is -0.450. The zero-order valence-corrected chi connectivity index (χ0v) is 13.6. The van der Waals surface area contributed by atoms with E-state index in [0.717, 1.165) is 12.8 Å². The van der Waals surface area contributed by atoms with Gasteiger partial charge in [-0.2, -0.15) is 0 Å². The Labute approximate surface area is 120 Å². The van der Waals surface area contributed by atoms with Crippen LogP contribution in [-0.2, 0) is 23.1 Å². The van der Waals surface area contributed by atoms with Crippen LogP contribution >= 0.6 is 11.3 Å². The van der Waals surface area contributed by atoms with E-state index < -0.39 is 0 Å². The molecular weight excluding hydrogens is 256 g/mol. The van der Waals surface area contributed by atoms with Crippen molar-refractivity contribution in [3.8, 4) is 0 Å². The lowest BCUT2D eigenvalue weighted by atomic mass is 9.88. The second-order valence-corrected chi connectivity index (χ2v) is 7.40. The van der Waals surface area contributed by atoms with Crippen LogP contribution in [0.25, 0.3) is 0 Å². The SMILES string of the molecule is CNC(C)(CC(C)(C)OC)c1nc2c(s1)CCCC2.